The van der Waals surface area contributed by atoms with Crippen LogP contribution in [0, 0.1) is 0 Å². The maximum atomic E-state index is 11.9. The quantitative estimate of drug-likeness (QED) is 0.347. The van der Waals surface area contributed by atoms with E-state index in [4.69, 9.17) is 14.6 Å². The number of carboxylic acids is 1. The van der Waals surface area contributed by atoms with Gasteiger partial charge in [-0.25, -0.2) is 9.59 Å². The van der Waals surface area contributed by atoms with Crippen molar-refractivity contribution in [3.8, 4) is 11.5 Å². The summed E-state index contributed by atoms with van der Waals surface area (Å²) in [5, 5.41) is 48.2. The molecular weight excluding hydrogens is 348 g/mol. The highest BCUT2D eigenvalue weighted by molar-refractivity contribution is 5.87. The van der Waals surface area contributed by atoms with E-state index in [1.165, 1.54) is 31.4 Å². The average Bonchev–Trinajstić information content (AvgIpc) is 2.58. The van der Waals surface area contributed by atoms with Gasteiger partial charge in [-0.05, 0) is 23.8 Å². The Morgan fingerprint density at radius 2 is 1.96 bits per heavy atom. The fraction of sp³-hybridized carbons (Fsp3) is 0.412. The Morgan fingerprint density at radius 3 is 2.58 bits per heavy atom. The summed E-state index contributed by atoms with van der Waals surface area (Å²) in [6.07, 6.45) is -3.17. The lowest BCUT2D eigenvalue weighted by molar-refractivity contribution is -0.196. The minimum absolute atomic E-state index is 0.0699. The number of carbonyl (C=O) groups is 2. The Balaban J connectivity index is 2.07. The van der Waals surface area contributed by atoms with Crippen LogP contribution < -0.4 is 4.74 Å². The van der Waals surface area contributed by atoms with Crippen LogP contribution in [0.2, 0.25) is 0 Å². The number of hydrogen-bond donors (Lipinski definition) is 5. The number of ether oxygens (including phenoxy) is 2. The van der Waals surface area contributed by atoms with Crippen molar-refractivity contribution in [2.24, 2.45) is 0 Å². The van der Waals surface area contributed by atoms with E-state index < -0.39 is 48.7 Å². The Labute approximate surface area is 148 Å². The summed E-state index contributed by atoms with van der Waals surface area (Å²) in [4.78, 5) is 23.1. The zero-order chi connectivity index (χ0) is 19.5. The lowest BCUT2D eigenvalue weighted by Crippen LogP contribution is -2.57. The maximum absolute atomic E-state index is 11.9. The van der Waals surface area contributed by atoms with Gasteiger partial charge in [-0.15, -0.1) is 0 Å². The van der Waals surface area contributed by atoms with Gasteiger partial charge in [0.25, 0.3) is 0 Å². The number of methoxy groups -OCH3 is 1. The Bertz CT molecular complexity index is 714. The minimum atomic E-state index is -2.29. The van der Waals surface area contributed by atoms with E-state index in [1.54, 1.807) is 0 Å². The first-order chi connectivity index (χ1) is 12.2. The highest BCUT2D eigenvalue weighted by atomic mass is 16.6. The fourth-order valence-electron chi connectivity index (χ4n) is 2.69. The van der Waals surface area contributed by atoms with Crippen molar-refractivity contribution in [1.29, 1.82) is 0 Å². The fourth-order valence-corrected chi connectivity index (χ4v) is 2.69. The third-order valence-electron chi connectivity index (χ3n) is 4.14. The van der Waals surface area contributed by atoms with E-state index in [2.05, 4.69) is 0 Å². The van der Waals surface area contributed by atoms with Crippen LogP contribution in [0.5, 0.6) is 11.5 Å². The topological polar surface area (TPSA) is 154 Å². The van der Waals surface area contributed by atoms with Crippen LogP contribution in [0.3, 0.4) is 0 Å². The highest BCUT2D eigenvalue weighted by Gasteiger charge is 2.50. The molecule has 0 saturated heterocycles. The SMILES string of the molecule is COc1cc(/C=C/C(=O)O[C@@H]2C[C@@](O)(C(=O)O)C[C@@H](O)[C@H]2O)ccc1O. The molecule has 4 atom stereocenters. The van der Waals surface area contributed by atoms with Crippen LogP contribution in [0.4, 0.5) is 0 Å². The van der Waals surface area contributed by atoms with Crippen LogP contribution >= 0.6 is 0 Å². The number of aliphatic hydroxyl groups is 3. The smallest absolute Gasteiger partial charge is 0.335 e. The molecule has 0 radical (unpaired) electrons. The zero-order valence-electron chi connectivity index (χ0n) is 13.9. The summed E-state index contributed by atoms with van der Waals surface area (Å²) < 4.78 is 9.92. The number of aliphatic carboxylic acids is 1. The third kappa shape index (κ3) is 4.31. The summed E-state index contributed by atoms with van der Waals surface area (Å²) in [5.41, 5.74) is -1.78. The normalized spacial score (nSPS) is 28.7. The molecule has 26 heavy (non-hydrogen) atoms. The van der Waals surface area contributed by atoms with Crippen LogP contribution in [0.15, 0.2) is 24.3 Å². The van der Waals surface area contributed by atoms with Crippen LogP contribution in [-0.2, 0) is 14.3 Å². The van der Waals surface area contributed by atoms with Gasteiger partial charge in [0.2, 0.25) is 0 Å². The second-order valence-corrected chi connectivity index (χ2v) is 6.04. The predicted octanol–water partition coefficient (Wildman–Crippen LogP) is -0.343. The second-order valence-electron chi connectivity index (χ2n) is 6.04. The first-order valence-corrected chi connectivity index (χ1v) is 7.74. The van der Waals surface area contributed by atoms with Crippen molar-refractivity contribution in [1.82, 2.24) is 0 Å². The number of aromatic hydroxyl groups is 1. The van der Waals surface area contributed by atoms with Gasteiger partial charge >= 0.3 is 11.9 Å². The third-order valence-corrected chi connectivity index (χ3v) is 4.14. The molecule has 2 rings (SSSR count). The van der Waals surface area contributed by atoms with Gasteiger partial charge in [-0.1, -0.05) is 6.07 Å². The first-order valence-electron chi connectivity index (χ1n) is 7.74. The molecule has 5 N–H and O–H groups in total. The van der Waals surface area contributed by atoms with Crippen molar-refractivity contribution in [2.45, 2.75) is 36.8 Å². The number of rotatable bonds is 5. The molecule has 0 aliphatic heterocycles. The molecule has 1 fully saturated rings. The summed E-state index contributed by atoms with van der Waals surface area (Å²) in [6, 6.07) is 4.36. The number of aliphatic hydroxyl groups excluding tert-OH is 2. The van der Waals surface area contributed by atoms with E-state index in [0.717, 1.165) is 6.08 Å². The van der Waals surface area contributed by atoms with Gasteiger partial charge in [0, 0.05) is 18.9 Å². The summed E-state index contributed by atoms with van der Waals surface area (Å²) >= 11 is 0. The van der Waals surface area contributed by atoms with Gasteiger partial charge in [-0.3, -0.25) is 0 Å². The van der Waals surface area contributed by atoms with Crippen molar-refractivity contribution in [3.05, 3.63) is 29.8 Å². The number of phenolic OH excluding ortho intramolecular Hbond substituents is 1. The number of esters is 1. The number of hydrogen-bond acceptors (Lipinski definition) is 8. The zero-order valence-corrected chi connectivity index (χ0v) is 13.9. The maximum Gasteiger partial charge on any atom is 0.335 e. The molecule has 1 saturated carbocycles. The lowest BCUT2D eigenvalue weighted by atomic mass is 9.79. The molecule has 0 bridgehead atoms. The van der Waals surface area contributed by atoms with Crippen LogP contribution in [0.1, 0.15) is 18.4 Å². The summed E-state index contributed by atoms with van der Waals surface area (Å²) in [5.74, 6) is -2.34. The number of carbonyl (C=O) groups excluding carboxylic acids is 1. The van der Waals surface area contributed by atoms with E-state index >= 15 is 0 Å². The molecule has 1 aliphatic rings. The first kappa shape index (κ1) is 19.7. The molecule has 0 aromatic heterocycles. The van der Waals surface area contributed by atoms with Gasteiger partial charge < -0.3 is 35.0 Å². The van der Waals surface area contributed by atoms with Crippen molar-refractivity contribution in [2.75, 3.05) is 7.11 Å². The van der Waals surface area contributed by atoms with Gasteiger partial charge in [0.05, 0.1) is 13.2 Å². The largest absolute Gasteiger partial charge is 0.504 e. The van der Waals surface area contributed by atoms with Crippen LogP contribution in [-0.4, -0.2) is 68.5 Å². The molecule has 0 unspecified atom stereocenters. The lowest BCUT2D eigenvalue weighted by Gasteiger charge is -2.39. The molecule has 0 spiro atoms. The molecule has 1 aromatic rings. The molecule has 9 heteroatoms. The van der Waals surface area contributed by atoms with E-state index in [-0.39, 0.29) is 11.5 Å². The predicted molar refractivity (Wildman–Crippen MR) is 87.4 cm³/mol. The van der Waals surface area contributed by atoms with E-state index in [9.17, 15) is 30.0 Å². The molecule has 0 heterocycles. The van der Waals surface area contributed by atoms with Gasteiger partial charge in [0.15, 0.2) is 17.1 Å². The minimum Gasteiger partial charge on any atom is -0.504 e. The van der Waals surface area contributed by atoms with Crippen molar-refractivity contribution in [3.63, 3.8) is 0 Å². The number of phenols is 1. The van der Waals surface area contributed by atoms with Gasteiger partial charge in [0.1, 0.15) is 12.2 Å². The average molecular weight is 368 g/mol. The Kier molecular flexibility index (Phi) is 5.86. The summed E-state index contributed by atoms with van der Waals surface area (Å²) in [7, 11) is 1.37. The van der Waals surface area contributed by atoms with Gasteiger partial charge in [-0.2, -0.15) is 0 Å². The molecule has 1 aliphatic carbocycles. The second kappa shape index (κ2) is 7.73. The molecule has 0 amide bonds. The number of benzene rings is 1. The summed E-state index contributed by atoms with van der Waals surface area (Å²) in [6.45, 7) is 0. The number of carboxylic acid groups (broad SMARTS) is 1. The molecule has 1 aromatic carbocycles. The monoisotopic (exact) mass is 368 g/mol. The highest BCUT2D eigenvalue weighted by Crippen LogP contribution is 2.31. The van der Waals surface area contributed by atoms with Crippen molar-refractivity contribution >= 4 is 18.0 Å². The molecule has 9 nitrogen and oxygen atoms in total. The Morgan fingerprint density at radius 1 is 1.27 bits per heavy atom. The Hall–Kier alpha value is -2.62. The van der Waals surface area contributed by atoms with E-state index in [1.807, 2.05) is 0 Å². The molecular formula is C17H20O9. The van der Waals surface area contributed by atoms with Crippen LogP contribution in [0.25, 0.3) is 6.08 Å². The standard InChI is InChI=1S/C17H20O9/c1-25-12-6-9(2-4-10(12)18)3-5-14(20)26-13-8-17(24,16(22)23)7-11(19)15(13)21/h2-6,11,13,15,18-19,21,24H,7-8H2,1H3,(H,22,23)/b5-3+/t11-,13-,15-,17-/m1/s1. The van der Waals surface area contributed by atoms with E-state index in [0.29, 0.717) is 5.56 Å². The molecule has 142 valence electrons. The van der Waals surface area contributed by atoms with Crippen molar-refractivity contribution < 1.29 is 44.6 Å².